The fourth-order valence-corrected chi connectivity index (χ4v) is 5.51. The minimum absolute atomic E-state index is 0.607. The second-order valence-electron chi connectivity index (χ2n) is 10.6. The summed E-state index contributed by atoms with van der Waals surface area (Å²) in [5, 5.41) is 0. The molecular formula is C32H55N2+. The molecule has 0 saturated heterocycles. The third kappa shape index (κ3) is 12.8. The van der Waals surface area contributed by atoms with Crippen molar-refractivity contribution in [2.45, 2.75) is 142 Å². The van der Waals surface area contributed by atoms with Crippen molar-refractivity contribution in [2.24, 2.45) is 5.92 Å². The fourth-order valence-electron chi connectivity index (χ4n) is 5.51. The van der Waals surface area contributed by atoms with Crippen LogP contribution in [0.3, 0.4) is 0 Å². The van der Waals surface area contributed by atoms with E-state index in [0.717, 1.165) is 0 Å². The lowest BCUT2D eigenvalue weighted by Crippen LogP contribution is -2.42. The van der Waals surface area contributed by atoms with E-state index in [1.807, 2.05) is 0 Å². The first-order chi connectivity index (χ1) is 16.8. The van der Waals surface area contributed by atoms with Crippen LogP contribution in [-0.2, 0) is 6.42 Å². The van der Waals surface area contributed by atoms with Crippen LogP contribution in [0.5, 0.6) is 0 Å². The Morgan fingerprint density at radius 1 is 0.647 bits per heavy atom. The van der Waals surface area contributed by atoms with Crippen molar-refractivity contribution in [2.75, 3.05) is 0 Å². The van der Waals surface area contributed by atoms with Crippen molar-refractivity contribution in [3.8, 4) is 0 Å². The van der Waals surface area contributed by atoms with E-state index in [2.05, 4.69) is 72.5 Å². The van der Waals surface area contributed by atoms with Gasteiger partial charge in [-0.15, -0.1) is 0 Å². The van der Waals surface area contributed by atoms with Crippen LogP contribution in [0.15, 0.2) is 49.1 Å². The summed E-state index contributed by atoms with van der Waals surface area (Å²) in [5.41, 5.74) is 1.50. The summed E-state index contributed by atoms with van der Waals surface area (Å²) in [5.74, 6) is 0.715. The molecule has 0 saturated carbocycles. The molecule has 0 aliphatic carbocycles. The lowest BCUT2D eigenvalue weighted by Gasteiger charge is -2.25. The highest BCUT2D eigenvalue weighted by Gasteiger charge is 2.26. The number of H-pyrrole nitrogens is 1. The largest absolute Gasteiger partial charge is 0.250 e. The molecule has 0 aliphatic heterocycles. The molecular weight excluding hydrogens is 412 g/mol. The molecule has 34 heavy (non-hydrogen) atoms. The molecule has 0 bridgehead atoms. The van der Waals surface area contributed by atoms with Gasteiger partial charge in [0.15, 0.2) is 0 Å². The molecule has 0 radical (unpaired) electrons. The molecule has 2 atom stereocenters. The van der Waals surface area contributed by atoms with Gasteiger partial charge in [-0.25, -0.2) is 4.57 Å². The Morgan fingerprint density at radius 2 is 1.18 bits per heavy atom. The quantitative estimate of drug-likeness (QED) is 0.131. The molecule has 1 aromatic carbocycles. The van der Waals surface area contributed by atoms with Gasteiger partial charge in [0.2, 0.25) is 6.33 Å². The van der Waals surface area contributed by atoms with Gasteiger partial charge >= 0.3 is 0 Å². The van der Waals surface area contributed by atoms with Crippen LogP contribution < -0.4 is 4.57 Å². The molecule has 0 amide bonds. The number of nitrogens with zero attached hydrogens (tertiary/aromatic N) is 1. The highest BCUT2D eigenvalue weighted by Crippen LogP contribution is 2.28. The van der Waals surface area contributed by atoms with Gasteiger partial charge in [0, 0.05) is 5.92 Å². The van der Waals surface area contributed by atoms with E-state index in [4.69, 9.17) is 0 Å². The summed E-state index contributed by atoms with van der Waals surface area (Å²) in [4.78, 5) is 3.31. The molecule has 2 unspecified atom stereocenters. The number of hydrogen-bond acceptors (Lipinski definition) is 0. The summed E-state index contributed by atoms with van der Waals surface area (Å²) >= 11 is 0. The van der Waals surface area contributed by atoms with Crippen LogP contribution in [-0.4, -0.2) is 4.98 Å². The zero-order chi connectivity index (χ0) is 24.1. The second kappa shape index (κ2) is 19.7. The summed E-state index contributed by atoms with van der Waals surface area (Å²) in [6.45, 7) is 4.62. The van der Waals surface area contributed by atoms with Gasteiger partial charge < -0.3 is 0 Å². The summed E-state index contributed by atoms with van der Waals surface area (Å²) in [7, 11) is 0. The zero-order valence-corrected chi connectivity index (χ0v) is 22.7. The number of unbranched alkanes of at least 4 members (excludes halogenated alkanes) is 14. The number of benzene rings is 1. The van der Waals surface area contributed by atoms with Gasteiger partial charge in [-0.05, 0) is 31.2 Å². The van der Waals surface area contributed by atoms with E-state index >= 15 is 0 Å². The van der Waals surface area contributed by atoms with Crippen molar-refractivity contribution in [1.82, 2.24) is 4.98 Å². The third-order valence-corrected chi connectivity index (χ3v) is 7.62. The first-order valence-corrected chi connectivity index (χ1v) is 14.9. The third-order valence-electron chi connectivity index (χ3n) is 7.62. The highest BCUT2D eigenvalue weighted by atomic mass is 15.1. The molecule has 192 valence electrons. The Morgan fingerprint density at radius 3 is 1.74 bits per heavy atom. The van der Waals surface area contributed by atoms with Gasteiger partial charge in [-0.1, -0.05) is 140 Å². The number of nitrogens with one attached hydrogen (secondary N) is 1. The SMILES string of the molecule is CCCCCCCCCCCCCCCC(C(CCCCC)Cc1ccccc1)[n+]1cc[nH]c1. The van der Waals surface area contributed by atoms with Crippen molar-refractivity contribution in [1.29, 1.82) is 0 Å². The van der Waals surface area contributed by atoms with Crippen molar-refractivity contribution in [3.05, 3.63) is 54.6 Å². The van der Waals surface area contributed by atoms with E-state index in [9.17, 15) is 0 Å². The zero-order valence-electron chi connectivity index (χ0n) is 22.7. The maximum atomic E-state index is 3.31. The monoisotopic (exact) mass is 467 g/mol. The Bertz CT molecular complexity index is 664. The Balaban J connectivity index is 1.71. The molecule has 0 spiro atoms. The topological polar surface area (TPSA) is 19.7 Å². The van der Waals surface area contributed by atoms with E-state index in [1.54, 1.807) is 0 Å². The van der Waals surface area contributed by atoms with E-state index < -0.39 is 0 Å². The molecule has 0 fully saturated rings. The Kier molecular flexibility index (Phi) is 16.6. The number of imidazole rings is 1. The molecule has 2 heteroatoms. The van der Waals surface area contributed by atoms with E-state index in [0.29, 0.717) is 12.0 Å². The van der Waals surface area contributed by atoms with E-state index in [-0.39, 0.29) is 0 Å². The summed E-state index contributed by atoms with van der Waals surface area (Å²) < 4.78 is 2.47. The smallest absolute Gasteiger partial charge is 0.241 e. The first kappa shape index (κ1) is 28.7. The van der Waals surface area contributed by atoms with Crippen LogP contribution >= 0.6 is 0 Å². The Hall–Kier alpha value is -1.57. The predicted molar refractivity (Wildman–Crippen MR) is 148 cm³/mol. The van der Waals surface area contributed by atoms with Gasteiger partial charge in [-0.2, -0.15) is 0 Å². The maximum Gasteiger partial charge on any atom is 0.241 e. The lowest BCUT2D eigenvalue weighted by atomic mass is 9.84. The number of hydrogen-bond donors (Lipinski definition) is 1. The first-order valence-electron chi connectivity index (χ1n) is 14.9. The highest BCUT2D eigenvalue weighted by molar-refractivity contribution is 5.15. The van der Waals surface area contributed by atoms with Crippen LogP contribution in [0, 0.1) is 5.92 Å². The van der Waals surface area contributed by atoms with Crippen molar-refractivity contribution < 1.29 is 4.57 Å². The number of aromatic amines is 1. The molecule has 2 aromatic rings. The molecule has 2 rings (SSSR count). The average Bonchev–Trinajstić information content (AvgIpc) is 3.39. The standard InChI is InChI=1S/C32H54N2/c1-3-5-7-8-9-10-11-12-13-14-15-16-21-25-32(34-27-26-33-29-34)31(24-18-6-4-2)28-30-22-19-17-20-23-30/h17,19-20,22-23,26-27,29,31-32H,3-16,18,21,24-25,28H2,1-2H3/p+1. The predicted octanol–water partition coefficient (Wildman–Crippen LogP) is 9.76. The normalized spacial score (nSPS) is 13.2. The average molecular weight is 468 g/mol. The van der Waals surface area contributed by atoms with Gasteiger partial charge in [0.1, 0.15) is 18.4 Å². The minimum atomic E-state index is 0.607. The van der Waals surface area contributed by atoms with Gasteiger partial charge in [0.25, 0.3) is 0 Å². The van der Waals surface area contributed by atoms with Crippen molar-refractivity contribution >= 4 is 0 Å². The maximum absolute atomic E-state index is 3.31. The molecule has 0 aliphatic rings. The molecule has 1 N–H and O–H groups in total. The molecule has 1 aromatic heterocycles. The second-order valence-corrected chi connectivity index (χ2v) is 10.6. The van der Waals surface area contributed by atoms with Crippen LogP contribution in [0.1, 0.15) is 141 Å². The number of aromatic nitrogens is 2. The molecule has 1 heterocycles. The van der Waals surface area contributed by atoms with E-state index in [1.165, 1.54) is 128 Å². The van der Waals surface area contributed by atoms with Crippen molar-refractivity contribution in [3.63, 3.8) is 0 Å². The summed E-state index contributed by atoms with van der Waals surface area (Å²) in [6, 6.07) is 11.8. The molecule has 2 nitrogen and oxygen atoms in total. The number of rotatable bonds is 22. The minimum Gasteiger partial charge on any atom is -0.250 e. The Labute approximate surface area is 212 Å². The van der Waals surface area contributed by atoms with Crippen LogP contribution in [0.4, 0.5) is 0 Å². The summed E-state index contributed by atoms with van der Waals surface area (Å²) in [6.07, 6.45) is 32.9. The van der Waals surface area contributed by atoms with Gasteiger partial charge in [-0.3, -0.25) is 4.98 Å². The van der Waals surface area contributed by atoms with Crippen LogP contribution in [0.2, 0.25) is 0 Å². The van der Waals surface area contributed by atoms with Gasteiger partial charge in [0.05, 0.1) is 0 Å². The van der Waals surface area contributed by atoms with Crippen LogP contribution in [0.25, 0.3) is 0 Å². The fraction of sp³-hybridized carbons (Fsp3) is 0.719. The lowest BCUT2D eigenvalue weighted by molar-refractivity contribution is -0.730.